The van der Waals surface area contributed by atoms with Crippen molar-refractivity contribution in [2.45, 2.75) is 112 Å². The summed E-state index contributed by atoms with van der Waals surface area (Å²) in [5, 5.41) is 5.77. The molecule has 192 valence electrons. The van der Waals surface area contributed by atoms with E-state index in [1.54, 1.807) is 25.7 Å². The largest absolute Gasteiger partial charge is 0.444 e. The summed E-state index contributed by atoms with van der Waals surface area (Å²) < 4.78 is 5.43. The lowest BCUT2D eigenvalue weighted by Gasteiger charge is -2.39. The predicted molar refractivity (Wildman–Crippen MR) is 137 cm³/mol. The second-order valence-electron chi connectivity index (χ2n) is 10.8. The molecule has 1 aromatic carbocycles. The Morgan fingerprint density at radius 3 is 2.03 bits per heavy atom. The molecule has 1 aromatic rings. The van der Waals surface area contributed by atoms with E-state index in [1.807, 2.05) is 73.6 Å². The van der Waals surface area contributed by atoms with Crippen LogP contribution in [0.2, 0.25) is 0 Å². The summed E-state index contributed by atoms with van der Waals surface area (Å²) in [4.78, 5) is 41.8. The van der Waals surface area contributed by atoms with E-state index < -0.39 is 23.8 Å². The Bertz CT molecular complexity index is 858. The number of aryl methyl sites for hydroxylation is 2. The van der Waals surface area contributed by atoms with Crippen molar-refractivity contribution in [1.82, 2.24) is 15.5 Å². The van der Waals surface area contributed by atoms with Gasteiger partial charge < -0.3 is 20.3 Å². The molecule has 0 aliphatic carbocycles. The van der Waals surface area contributed by atoms with Crippen LogP contribution < -0.4 is 10.6 Å². The summed E-state index contributed by atoms with van der Waals surface area (Å²) in [5.41, 5.74) is 2.09. The first-order valence-electron chi connectivity index (χ1n) is 12.3. The van der Waals surface area contributed by atoms with Gasteiger partial charge in [0.05, 0.1) is 0 Å². The fraction of sp³-hybridized carbons (Fsp3) is 0.667. The minimum absolute atomic E-state index is 0.0879. The first-order chi connectivity index (χ1) is 15.6. The molecule has 0 fully saturated rings. The third-order valence-corrected chi connectivity index (χ3v) is 5.64. The molecule has 0 spiro atoms. The van der Waals surface area contributed by atoms with Gasteiger partial charge in [0, 0.05) is 12.1 Å². The quantitative estimate of drug-likeness (QED) is 0.523. The van der Waals surface area contributed by atoms with Crippen molar-refractivity contribution in [2.75, 3.05) is 0 Å². The number of ether oxygens (including phenoxy) is 1. The number of hydrogen-bond acceptors (Lipinski definition) is 4. The number of benzene rings is 1. The van der Waals surface area contributed by atoms with Crippen molar-refractivity contribution in [3.05, 3.63) is 34.9 Å². The molecule has 34 heavy (non-hydrogen) atoms. The maximum atomic E-state index is 14.0. The van der Waals surface area contributed by atoms with Gasteiger partial charge in [-0.2, -0.15) is 0 Å². The molecule has 7 heteroatoms. The summed E-state index contributed by atoms with van der Waals surface area (Å²) in [5.74, 6) is -0.711. The zero-order valence-electron chi connectivity index (χ0n) is 22.9. The van der Waals surface area contributed by atoms with E-state index in [0.717, 1.165) is 16.7 Å². The maximum Gasteiger partial charge on any atom is 0.408 e. The van der Waals surface area contributed by atoms with Gasteiger partial charge in [0.25, 0.3) is 0 Å². The van der Waals surface area contributed by atoms with Crippen LogP contribution in [0.1, 0.15) is 91.5 Å². The Balaban J connectivity index is 3.55. The standard InChI is InChI=1S/C27H45N3O4/c1-12-19(7)22(29-26(33)34-27(9,10)11)25(32)30(17(4)5)23(24(31)28-16(2)3)21-14-13-18(6)15-20(21)8/h13-17,19,22-23H,12H2,1-11H3,(H,28,31)(H,29,33). The number of alkyl carbamates (subject to hydrolysis) is 1. The average Bonchev–Trinajstić information content (AvgIpc) is 2.67. The number of rotatable bonds is 9. The molecule has 3 amide bonds. The minimum atomic E-state index is -0.831. The Hall–Kier alpha value is -2.57. The zero-order valence-corrected chi connectivity index (χ0v) is 22.9. The van der Waals surface area contributed by atoms with Crippen LogP contribution in [0.15, 0.2) is 18.2 Å². The zero-order chi connectivity index (χ0) is 26.4. The van der Waals surface area contributed by atoms with E-state index in [4.69, 9.17) is 4.74 Å². The van der Waals surface area contributed by atoms with Crippen molar-refractivity contribution in [1.29, 1.82) is 0 Å². The van der Waals surface area contributed by atoms with Crippen LogP contribution >= 0.6 is 0 Å². The molecule has 2 N–H and O–H groups in total. The van der Waals surface area contributed by atoms with E-state index in [1.165, 1.54) is 0 Å². The van der Waals surface area contributed by atoms with Crippen LogP contribution in [0.4, 0.5) is 4.79 Å². The average molecular weight is 476 g/mol. The molecule has 0 saturated carbocycles. The summed E-state index contributed by atoms with van der Waals surface area (Å²) in [6.07, 6.45) is 0.0226. The molecule has 1 rings (SSSR count). The highest BCUT2D eigenvalue weighted by Crippen LogP contribution is 2.29. The molecule has 0 aromatic heterocycles. The third-order valence-electron chi connectivity index (χ3n) is 5.64. The SMILES string of the molecule is CCC(C)C(NC(=O)OC(C)(C)C)C(=O)N(C(C)C)C(C(=O)NC(C)C)c1ccc(C)cc1C. The van der Waals surface area contributed by atoms with E-state index in [-0.39, 0.29) is 29.8 Å². The normalized spacial score (nSPS) is 14.4. The molecule has 3 atom stereocenters. The van der Waals surface area contributed by atoms with Gasteiger partial charge in [-0.15, -0.1) is 0 Å². The molecular weight excluding hydrogens is 430 g/mol. The highest BCUT2D eigenvalue weighted by molar-refractivity contribution is 5.92. The van der Waals surface area contributed by atoms with Crippen LogP contribution in [0.25, 0.3) is 0 Å². The molecule has 0 heterocycles. The molecule has 0 aliphatic heterocycles. The highest BCUT2D eigenvalue weighted by Gasteiger charge is 2.40. The lowest BCUT2D eigenvalue weighted by atomic mass is 9.92. The summed E-state index contributed by atoms with van der Waals surface area (Å²) in [7, 11) is 0. The number of amides is 3. The fourth-order valence-corrected chi connectivity index (χ4v) is 3.87. The van der Waals surface area contributed by atoms with Crippen LogP contribution in [-0.4, -0.2) is 46.5 Å². The fourth-order valence-electron chi connectivity index (χ4n) is 3.87. The number of carbonyl (C=O) groups excluding carboxylic acids is 3. The summed E-state index contributed by atoms with van der Waals surface area (Å²) >= 11 is 0. The van der Waals surface area contributed by atoms with Gasteiger partial charge in [-0.1, -0.05) is 44.0 Å². The van der Waals surface area contributed by atoms with Crippen LogP contribution in [-0.2, 0) is 14.3 Å². The first-order valence-corrected chi connectivity index (χ1v) is 12.3. The molecule has 0 radical (unpaired) electrons. The van der Waals surface area contributed by atoms with Gasteiger partial charge in [0.1, 0.15) is 17.7 Å². The Morgan fingerprint density at radius 1 is 1.00 bits per heavy atom. The van der Waals surface area contributed by atoms with Gasteiger partial charge in [-0.3, -0.25) is 9.59 Å². The van der Waals surface area contributed by atoms with Crippen molar-refractivity contribution in [2.24, 2.45) is 5.92 Å². The van der Waals surface area contributed by atoms with Gasteiger partial charge in [-0.25, -0.2) is 4.79 Å². The van der Waals surface area contributed by atoms with Crippen molar-refractivity contribution in [3.63, 3.8) is 0 Å². The summed E-state index contributed by atoms with van der Waals surface area (Å²) in [6.45, 7) is 20.7. The Labute approximate surface area is 206 Å². The number of carbonyl (C=O) groups is 3. The number of hydrogen-bond donors (Lipinski definition) is 2. The van der Waals surface area contributed by atoms with Crippen molar-refractivity contribution >= 4 is 17.9 Å². The Morgan fingerprint density at radius 2 is 1.59 bits per heavy atom. The molecule has 0 aliphatic rings. The summed E-state index contributed by atoms with van der Waals surface area (Å²) in [6, 6.07) is 3.84. The minimum Gasteiger partial charge on any atom is -0.444 e. The smallest absolute Gasteiger partial charge is 0.408 e. The van der Waals surface area contributed by atoms with E-state index >= 15 is 0 Å². The number of nitrogens with one attached hydrogen (secondary N) is 2. The second kappa shape index (κ2) is 12.2. The lowest BCUT2D eigenvalue weighted by molar-refractivity contribution is -0.145. The Kier molecular flexibility index (Phi) is 10.6. The predicted octanol–water partition coefficient (Wildman–Crippen LogP) is 5.05. The van der Waals surface area contributed by atoms with Crippen LogP contribution in [0.3, 0.4) is 0 Å². The lowest BCUT2D eigenvalue weighted by Crippen LogP contribution is -2.57. The highest BCUT2D eigenvalue weighted by atomic mass is 16.6. The van der Waals surface area contributed by atoms with Crippen molar-refractivity contribution < 1.29 is 19.1 Å². The molecule has 7 nitrogen and oxygen atoms in total. The van der Waals surface area contributed by atoms with Gasteiger partial charge in [0.2, 0.25) is 11.8 Å². The van der Waals surface area contributed by atoms with Crippen LogP contribution in [0, 0.1) is 19.8 Å². The van der Waals surface area contributed by atoms with E-state index in [9.17, 15) is 14.4 Å². The third kappa shape index (κ3) is 8.33. The first kappa shape index (κ1) is 29.5. The maximum absolute atomic E-state index is 14.0. The van der Waals surface area contributed by atoms with Crippen molar-refractivity contribution in [3.8, 4) is 0 Å². The molecular formula is C27H45N3O4. The monoisotopic (exact) mass is 475 g/mol. The van der Waals surface area contributed by atoms with Gasteiger partial charge >= 0.3 is 6.09 Å². The van der Waals surface area contributed by atoms with Gasteiger partial charge in [0.15, 0.2) is 0 Å². The van der Waals surface area contributed by atoms with Gasteiger partial charge in [-0.05, 0) is 79.4 Å². The van der Waals surface area contributed by atoms with E-state index in [2.05, 4.69) is 10.6 Å². The topological polar surface area (TPSA) is 87.7 Å². The molecule has 3 unspecified atom stereocenters. The van der Waals surface area contributed by atoms with Crippen LogP contribution in [0.5, 0.6) is 0 Å². The molecule has 0 bridgehead atoms. The number of nitrogens with zero attached hydrogens (tertiary/aromatic N) is 1. The molecule has 0 saturated heterocycles. The van der Waals surface area contributed by atoms with E-state index in [0.29, 0.717) is 6.42 Å². The second-order valence-corrected chi connectivity index (χ2v) is 10.8.